The second-order valence-corrected chi connectivity index (χ2v) is 5.42. The van der Waals surface area contributed by atoms with Gasteiger partial charge in [-0.25, -0.2) is 0 Å². The lowest BCUT2D eigenvalue weighted by Crippen LogP contribution is -2.17. The molecule has 2 rings (SSSR count). The summed E-state index contributed by atoms with van der Waals surface area (Å²) in [7, 11) is 1.68. The van der Waals surface area contributed by atoms with Crippen molar-refractivity contribution in [3.05, 3.63) is 35.2 Å². The molecule has 24 heavy (non-hydrogen) atoms. The van der Waals surface area contributed by atoms with E-state index in [-0.39, 0.29) is 0 Å². The SMILES string of the molecule is CCCc1nn(C)c(C(N)=O)c1-c1ccc(C(N)=O)c(OCC)c1. The molecule has 128 valence electrons. The van der Waals surface area contributed by atoms with Gasteiger partial charge in [-0.05, 0) is 31.0 Å². The Hall–Kier alpha value is -2.83. The first-order valence-corrected chi connectivity index (χ1v) is 7.83. The average molecular weight is 330 g/mol. The number of hydrogen-bond acceptors (Lipinski definition) is 4. The Bertz CT molecular complexity index is 780. The Balaban J connectivity index is 2.68. The Labute approximate surface area is 140 Å². The number of primary amides is 2. The molecule has 2 amide bonds. The molecule has 0 bridgehead atoms. The third-order valence-corrected chi connectivity index (χ3v) is 3.68. The van der Waals surface area contributed by atoms with Crippen LogP contribution in [0.3, 0.4) is 0 Å². The van der Waals surface area contributed by atoms with E-state index in [4.69, 9.17) is 16.2 Å². The molecule has 0 saturated carbocycles. The Morgan fingerprint density at radius 2 is 1.92 bits per heavy atom. The van der Waals surface area contributed by atoms with Gasteiger partial charge in [0, 0.05) is 12.6 Å². The minimum absolute atomic E-state index is 0.294. The predicted molar refractivity (Wildman–Crippen MR) is 90.8 cm³/mol. The lowest BCUT2D eigenvalue weighted by atomic mass is 9.98. The summed E-state index contributed by atoms with van der Waals surface area (Å²) in [6.45, 7) is 4.24. The number of carbonyl (C=O) groups excluding carboxylic acids is 2. The maximum Gasteiger partial charge on any atom is 0.267 e. The van der Waals surface area contributed by atoms with Crippen molar-refractivity contribution in [3.63, 3.8) is 0 Å². The highest BCUT2D eigenvalue weighted by Gasteiger charge is 2.22. The van der Waals surface area contributed by atoms with Crippen molar-refractivity contribution in [2.24, 2.45) is 18.5 Å². The average Bonchev–Trinajstić information content (AvgIpc) is 2.84. The number of rotatable bonds is 7. The van der Waals surface area contributed by atoms with Gasteiger partial charge >= 0.3 is 0 Å². The monoisotopic (exact) mass is 330 g/mol. The first-order valence-electron chi connectivity index (χ1n) is 7.83. The zero-order chi connectivity index (χ0) is 17.9. The third kappa shape index (κ3) is 3.24. The topological polar surface area (TPSA) is 113 Å². The van der Waals surface area contributed by atoms with Gasteiger partial charge in [0.25, 0.3) is 11.8 Å². The van der Waals surface area contributed by atoms with Crippen molar-refractivity contribution >= 4 is 11.8 Å². The van der Waals surface area contributed by atoms with Crippen molar-refractivity contribution < 1.29 is 14.3 Å². The normalized spacial score (nSPS) is 10.6. The van der Waals surface area contributed by atoms with Gasteiger partial charge in [-0.15, -0.1) is 0 Å². The lowest BCUT2D eigenvalue weighted by molar-refractivity contribution is 0.0985. The molecule has 0 atom stereocenters. The largest absolute Gasteiger partial charge is 0.493 e. The Morgan fingerprint density at radius 3 is 2.46 bits per heavy atom. The molecular formula is C17H22N4O3. The van der Waals surface area contributed by atoms with Crippen LogP contribution in [0.1, 0.15) is 46.8 Å². The van der Waals surface area contributed by atoms with Crippen LogP contribution in [0.2, 0.25) is 0 Å². The van der Waals surface area contributed by atoms with Gasteiger partial charge in [0.2, 0.25) is 0 Å². The molecule has 1 heterocycles. The van der Waals surface area contributed by atoms with Gasteiger partial charge in [-0.3, -0.25) is 14.3 Å². The van der Waals surface area contributed by atoms with E-state index >= 15 is 0 Å². The summed E-state index contributed by atoms with van der Waals surface area (Å²) in [5.74, 6) is -0.747. The van der Waals surface area contributed by atoms with Crippen molar-refractivity contribution in [1.29, 1.82) is 0 Å². The van der Waals surface area contributed by atoms with E-state index in [0.29, 0.717) is 41.2 Å². The first kappa shape index (κ1) is 17.5. The van der Waals surface area contributed by atoms with Gasteiger partial charge in [0.1, 0.15) is 11.4 Å². The fourth-order valence-electron chi connectivity index (χ4n) is 2.73. The molecule has 2 aromatic rings. The minimum Gasteiger partial charge on any atom is -0.493 e. The van der Waals surface area contributed by atoms with Crippen LogP contribution in [0.15, 0.2) is 18.2 Å². The summed E-state index contributed by atoms with van der Waals surface area (Å²) >= 11 is 0. The van der Waals surface area contributed by atoms with Crippen molar-refractivity contribution in [2.75, 3.05) is 6.61 Å². The van der Waals surface area contributed by atoms with Crippen LogP contribution >= 0.6 is 0 Å². The van der Waals surface area contributed by atoms with Gasteiger partial charge in [0.05, 0.1) is 17.9 Å². The number of nitrogens with two attached hydrogens (primary N) is 2. The molecule has 0 spiro atoms. The van der Waals surface area contributed by atoms with Gasteiger partial charge in [0.15, 0.2) is 0 Å². The number of ether oxygens (including phenoxy) is 1. The summed E-state index contributed by atoms with van der Waals surface area (Å²) in [6, 6.07) is 5.02. The van der Waals surface area contributed by atoms with Crippen LogP contribution in [0.5, 0.6) is 5.75 Å². The number of amides is 2. The molecule has 0 radical (unpaired) electrons. The molecule has 4 N–H and O–H groups in total. The zero-order valence-electron chi connectivity index (χ0n) is 14.1. The molecular weight excluding hydrogens is 308 g/mol. The quantitative estimate of drug-likeness (QED) is 0.803. The fourth-order valence-corrected chi connectivity index (χ4v) is 2.73. The summed E-state index contributed by atoms with van der Waals surface area (Å²) in [6.07, 6.45) is 1.58. The van der Waals surface area contributed by atoms with E-state index < -0.39 is 11.8 Å². The summed E-state index contributed by atoms with van der Waals surface area (Å²) in [4.78, 5) is 23.4. The molecule has 1 aromatic carbocycles. The summed E-state index contributed by atoms with van der Waals surface area (Å²) in [5.41, 5.74) is 13.7. The molecule has 0 fully saturated rings. The third-order valence-electron chi connectivity index (χ3n) is 3.68. The number of hydrogen-bond donors (Lipinski definition) is 2. The van der Waals surface area contributed by atoms with E-state index in [0.717, 1.165) is 12.1 Å². The van der Waals surface area contributed by atoms with Crippen molar-refractivity contribution in [3.8, 4) is 16.9 Å². The molecule has 0 unspecified atom stereocenters. The van der Waals surface area contributed by atoms with Crippen LogP contribution in [0, 0.1) is 0 Å². The standard InChI is InChI=1S/C17H22N4O3/c1-4-6-12-14(15(17(19)23)21(3)20-12)10-7-8-11(16(18)22)13(9-10)24-5-2/h7-9H,4-6H2,1-3H3,(H2,18,22)(H2,19,23). The van der Waals surface area contributed by atoms with E-state index in [1.54, 1.807) is 25.2 Å². The molecule has 0 aliphatic carbocycles. The van der Waals surface area contributed by atoms with Crippen molar-refractivity contribution in [1.82, 2.24) is 9.78 Å². The van der Waals surface area contributed by atoms with Gasteiger partial charge < -0.3 is 16.2 Å². The second-order valence-electron chi connectivity index (χ2n) is 5.42. The number of carbonyl (C=O) groups is 2. The number of benzene rings is 1. The van der Waals surface area contributed by atoms with Crippen molar-refractivity contribution in [2.45, 2.75) is 26.7 Å². The van der Waals surface area contributed by atoms with Crippen LogP contribution < -0.4 is 16.2 Å². The van der Waals surface area contributed by atoms with Gasteiger partial charge in [-0.1, -0.05) is 19.4 Å². The van der Waals surface area contributed by atoms with E-state index in [2.05, 4.69) is 5.10 Å². The molecule has 7 heteroatoms. The Kier molecular flexibility index (Phi) is 5.23. The fraction of sp³-hybridized carbons (Fsp3) is 0.353. The Morgan fingerprint density at radius 1 is 1.21 bits per heavy atom. The van der Waals surface area contributed by atoms with E-state index in [9.17, 15) is 9.59 Å². The number of aromatic nitrogens is 2. The summed E-state index contributed by atoms with van der Waals surface area (Å²) < 4.78 is 7.01. The van der Waals surface area contributed by atoms with Gasteiger partial charge in [-0.2, -0.15) is 5.10 Å². The molecule has 7 nitrogen and oxygen atoms in total. The summed E-state index contributed by atoms with van der Waals surface area (Å²) in [5, 5.41) is 4.41. The minimum atomic E-state index is -0.569. The zero-order valence-corrected chi connectivity index (χ0v) is 14.1. The maximum atomic E-state index is 11.9. The number of aryl methyl sites for hydroxylation is 2. The molecule has 1 aromatic heterocycles. The smallest absolute Gasteiger partial charge is 0.267 e. The second kappa shape index (κ2) is 7.16. The number of nitrogens with zero attached hydrogens (tertiary/aromatic N) is 2. The van der Waals surface area contributed by atoms with Crippen LogP contribution in [-0.4, -0.2) is 28.2 Å². The van der Waals surface area contributed by atoms with Crippen LogP contribution in [0.25, 0.3) is 11.1 Å². The van der Waals surface area contributed by atoms with E-state index in [1.807, 2.05) is 13.8 Å². The predicted octanol–water partition coefficient (Wildman–Crippen LogP) is 1.64. The maximum absolute atomic E-state index is 11.9. The molecule has 0 aliphatic rings. The highest BCUT2D eigenvalue weighted by Crippen LogP contribution is 2.32. The molecule has 0 saturated heterocycles. The highest BCUT2D eigenvalue weighted by molar-refractivity contribution is 6.00. The van der Waals surface area contributed by atoms with Crippen LogP contribution in [0.4, 0.5) is 0 Å². The molecule has 0 aliphatic heterocycles. The van der Waals surface area contributed by atoms with E-state index in [1.165, 1.54) is 4.68 Å². The highest BCUT2D eigenvalue weighted by atomic mass is 16.5. The van der Waals surface area contributed by atoms with Crippen LogP contribution in [-0.2, 0) is 13.5 Å². The lowest BCUT2D eigenvalue weighted by Gasteiger charge is -2.11. The first-order chi connectivity index (χ1) is 11.4.